The number of ether oxygens (including phenoxy) is 1. The molecule has 1 aliphatic rings. The summed E-state index contributed by atoms with van der Waals surface area (Å²) >= 11 is 0. The SMILES string of the molecule is COc1ccccc1C(=O)Nc1ccc(N2CCCCCC2)cc1. The van der Waals surface area contributed by atoms with Gasteiger partial charge < -0.3 is 15.0 Å². The van der Waals surface area contributed by atoms with Crippen LogP contribution in [0, 0.1) is 0 Å². The fraction of sp³-hybridized carbons (Fsp3) is 0.350. The van der Waals surface area contributed by atoms with E-state index in [4.69, 9.17) is 4.74 Å². The molecule has 1 N–H and O–H groups in total. The fourth-order valence-electron chi connectivity index (χ4n) is 3.12. The van der Waals surface area contributed by atoms with E-state index in [0.717, 1.165) is 18.8 Å². The third kappa shape index (κ3) is 3.88. The Kier molecular flexibility index (Phi) is 5.36. The molecule has 0 unspecified atom stereocenters. The topological polar surface area (TPSA) is 41.6 Å². The van der Waals surface area contributed by atoms with E-state index in [2.05, 4.69) is 22.3 Å². The number of hydrogen-bond acceptors (Lipinski definition) is 3. The first-order chi connectivity index (χ1) is 11.8. The number of carbonyl (C=O) groups is 1. The highest BCUT2D eigenvalue weighted by Gasteiger charge is 2.13. The van der Waals surface area contributed by atoms with Crippen molar-refractivity contribution in [1.82, 2.24) is 0 Å². The zero-order chi connectivity index (χ0) is 16.8. The molecule has 0 saturated carbocycles. The molecule has 24 heavy (non-hydrogen) atoms. The minimum atomic E-state index is -0.157. The van der Waals surface area contributed by atoms with Gasteiger partial charge in [-0.3, -0.25) is 4.79 Å². The zero-order valence-electron chi connectivity index (χ0n) is 14.1. The molecule has 0 aromatic heterocycles. The number of nitrogens with zero attached hydrogens (tertiary/aromatic N) is 1. The molecule has 0 atom stereocenters. The van der Waals surface area contributed by atoms with Gasteiger partial charge in [0.25, 0.3) is 5.91 Å². The molecule has 1 amide bonds. The van der Waals surface area contributed by atoms with Crippen LogP contribution in [0.5, 0.6) is 5.75 Å². The van der Waals surface area contributed by atoms with Crippen LogP contribution in [0.1, 0.15) is 36.0 Å². The van der Waals surface area contributed by atoms with Crippen LogP contribution < -0.4 is 15.0 Å². The average molecular weight is 324 g/mol. The molecule has 4 nitrogen and oxygen atoms in total. The van der Waals surface area contributed by atoms with Gasteiger partial charge in [0.05, 0.1) is 12.7 Å². The Labute approximate surface area is 143 Å². The van der Waals surface area contributed by atoms with Crippen molar-refractivity contribution >= 4 is 17.3 Å². The maximum atomic E-state index is 12.4. The van der Waals surface area contributed by atoms with Crippen LogP contribution in [0.4, 0.5) is 11.4 Å². The molecule has 0 aliphatic carbocycles. The quantitative estimate of drug-likeness (QED) is 0.910. The van der Waals surface area contributed by atoms with Crippen LogP contribution in [0.15, 0.2) is 48.5 Å². The third-order valence-corrected chi connectivity index (χ3v) is 4.45. The number of amides is 1. The summed E-state index contributed by atoms with van der Waals surface area (Å²) in [6, 6.07) is 15.3. The van der Waals surface area contributed by atoms with E-state index in [1.165, 1.54) is 31.4 Å². The lowest BCUT2D eigenvalue weighted by molar-refractivity contribution is 0.102. The van der Waals surface area contributed by atoms with Crippen molar-refractivity contribution in [2.75, 3.05) is 30.4 Å². The van der Waals surface area contributed by atoms with Gasteiger partial charge in [0.2, 0.25) is 0 Å². The number of anilines is 2. The predicted molar refractivity (Wildman–Crippen MR) is 98.1 cm³/mol. The van der Waals surface area contributed by atoms with Crippen molar-refractivity contribution in [1.29, 1.82) is 0 Å². The van der Waals surface area contributed by atoms with Gasteiger partial charge in [0.1, 0.15) is 5.75 Å². The smallest absolute Gasteiger partial charge is 0.259 e. The first kappa shape index (κ1) is 16.4. The zero-order valence-corrected chi connectivity index (χ0v) is 14.1. The van der Waals surface area contributed by atoms with Crippen LogP contribution in [-0.2, 0) is 0 Å². The molecule has 0 bridgehead atoms. The summed E-state index contributed by atoms with van der Waals surface area (Å²) < 4.78 is 5.25. The lowest BCUT2D eigenvalue weighted by Gasteiger charge is -2.22. The highest BCUT2D eigenvalue weighted by molar-refractivity contribution is 6.06. The normalized spacial score (nSPS) is 14.8. The molecule has 2 aromatic carbocycles. The number of methoxy groups -OCH3 is 1. The predicted octanol–water partition coefficient (Wildman–Crippen LogP) is 4.33. The average Bonchev–Trinajstić information content (AvgIpc) is 2.91. The molecule has 1 saturated heterocycles. The number of rotatable bonds is 4. The molecule has 126 valence electrons. The Morgan fingerprint density at radius 2 is 1.62 bits per heavy atom. The summed E-state index contributed by atoms with van der Waals surface area (Å²) in [6.07, 6.45) is 5.16. The van der Waals surface area contributed by atoms with Gasteiger partial charge in [0, 0.05) is 24.5 Å². The second kappa shape index (κ2) is 7.86. The van der Waals surface area contributed by atoms with Gasteiger partial charge in [-0.05, 0) is 49.2 Å². The second-order valence-corrected chi connectivity index (χ2v) is 6.10. The van der Waals surface area contributed by atoms with Gasteiger partial charge in [-0.1, -0.05) is 25.0 Å². The van der Waals surface area contributed by atoms with Crippen molar-refractivity contribution in [3.05, 3.63) is 54.1 Å². The lowest BCUT2D eigenvalue weighted by atomic mass is 10.1. The molecular weight excluding hydrogens is 300 g/mol. The van der Waals surface area contributed by atoms with Crippen molar-refractivity contribution < 1.29 is 9.53 Å². The highest BCUT2D eigenvalue weighted by atomic mass is 16.5. The Bertz CT molecular complexity index is 674. The minimum absolute atomic E-state index is 0.157. The third-order valence-electron chi connectivity index (χ3n) is 4.45. The van der Waals surface area contributed by atoms with E-state index in [9.17, 15) is 4.79 Å². The van der Waals surface area contributed by atoms with E-state index in [-0.39, 0.29) is 5.91 Å². The molecular formula is C20H24N2O2. The van der Waals surface area contributed by atoms with Crippen LogP contribution in [-0.4, -0.2) is 26.1 Å². The molecule has 4 heteroatoms. The van der Waals surface area contributed by atoms with Crippen molar-refractivity contribution in [3.63, 3.8) is 0 Å². The molecule has 1 heterocycles. The van der Waals surface area contributed by atoms with Gasteiger partial charge in [-0.15, -0.1) is 0 Å². The molecule has 1 fully saturated rings. The van der Waals surface area contributed by atoms with Crippen LogP contribution in [0.25, 0.3) is 0 Å². The van der Waals surface area contributed by atoms with E-state index in [1.807, 2.05) is 24.3 Å². The van der Waals surface area contributed by atoms with E-state index in [0.29, 0.717) is 11.3 Å². The molecule has 3 rings (SSSR count). The Hall–Kier alpha value is -2.49. The number of nitrogens with one attached hydrogen (secondary N) is 1. The minimum Gasteiger partial charge on any atom is -0.496 e. The van der Waals surface area contributed by atoms with Crippen molar-refractivity contribution in [3.8, 4) is 5.75 Å². The van der Waals surface area contributed by atoms with E-state index < -0.39 is 0 Å². The van der Waals surface area contributed by atoms with Gasteiger partial charge in [-0.25, -0.2) is 0 Å². The molecule has 1 aliphatic heterocycles. The van der Waals surface area contributed by atoms with E-state index >= 15 is 0 Å². The van der Waals surface area contributed by atoms with Crippen molar-refractivity contribution in [2.24, 2.45) is 0 Å². The monoisotopic (exact) mass is 324 g/mol. The van der Waals surface area contributed by atoms with Gasteiger partial charge in [-0.2, -0.15) is 0 Å². The summed E-state index contributed by atoms with van der Waals surface area (Å²) in [4.78, 5) is 14.9. The maximum absolute atomic E-state index is 12.4. The summed E-state index contributed by atoms with van der Waals surface area (Å²) in [7, 11) is 1.57. The Morgan fingerprint density at radius 1 is 0.958 bits per heavy atom. The lowest BCUT2D eigenvalue weighted by Crippen LogP contribution is -2.23. The van der Waals surface area contributed by atoms with Gasteiger partial charge >= 0.3 is 0 Å². The number of hydrogen-bond donors (Lipinski definition) is 1. The second-order valence-electron chi connectivity index (χ2n) is 6.10. The summed E-state index contributed by atoms with van der Waals surface area (Å²) in [5, 5.41) is 2.94. The molecule has 0 radical (unpaired) electrons. The summed E-state index contributed by atoms with van der Waals surface area (Å²) in [5.41, 5.74) is 2.56. The summed E-state index contributed by atoms with van der Waals surface area (Å²) in [5.74, 6) is 0.422. The first-order valence-electron chi connectivity index (χ1n) is 8.57. The highest BCUT2D eigenvalue weighted by Crippen LogP contribution is 2.23. The van der Waals surface area contributed by atoms with E-state index in [1.54, 1.807) is 19.2 Å². The number of para-hydroxylation sites is 1. The Balaban J connectivity index is 1.68. The first-order valence-corrected chi connectivity index (χ1v) is 8.57. The van der Waals surface area contributed by atoms with Crippen LogP contribution >= 0.6 is 0 Å². The van der Waals surface area contributed by atoms with Crippen LogP contribution in [0.2, 0.25) is 0 Å². The maximum Gasteiger partial charge on any atom is 0.259 e. The largest absolute Gasteiger partial charge is 0.496 e. The van der Waals surface area contributed by atoms with Crippen molar-refractivity contribution in [2.45, 2.75) is 25.7 Å². The fourth-order valence-corrected chi connectivity index (χ4v) is 3.12. The van der Waals surface area contributed by atoms with Crippen LogP contribution in [0.3, 0.4) is 0 Å². The molecule has 2 aromatic rings. The number of benzene rings is 2. The standard InChI is InChI=1S/C20H24N2O2/c1-24-19-9-5-4-8-18(19)20(23)21-16-10-12-17(13-11-16)22-14-6-2-3-7-15-22/h4-5,8-13H,2-3,6-7,14-15H2,1H3,(H,21,23). The summed E-state index contributed by atoms with van der Waals surface area (Å²) in [6.45, 7) is 2.24. The Morgan fingerprint density at radius 3 is 2.29 bits per heavy atom. The van der Waals surface area contributed by atoms with Gasteiger partial charge in [0.15, 0.2) is 0 Å². The number of carbonyl (C=O) groups excluding carboxylic acids is 1. The molecule has 0 spiro atoms.